The van der Waals surface area contributed by atoms with Gasteiger partial charge in [-0.15, -0.1) is 0 Å². The third-order valence-electron chi connectivity index (χ3n) is 8.86. The number of phenolic OH excluding ortho intramolecular Hbond substituents is 1. The number of likely N-dealkylation sites (tertiary alicyclic amines) is 2. The van der Waals surface area contributed by atoms with Crippen LogP contribution < -0.4 is 27.0 Å². The Balaban J connectivity index is 1.64. The van der Waals surface area contributed by atoms with Gasteiger partial charge in [0.1, 0.15) is 42.0 Å². The van der Waals surface area contributed by atoms with E-state index in [0.29, 0.717) is 18.4 Å². The van der Waals surface area contributed by atoms with Crippen LogP contribution in [0.5, 0.6) is 5.75 Å². The second-order valence-corrected chi connectivity index (χ2v) is 12.7. The second-order valence-electron chi connectivity index (χ2n) is 12.7. The van der Waals surface area contributed by atoms with E-state index in [9.17, 15) is 59.1 Å². The van der Waals surface area contributed by atoms with Crippen molar-refractivity contribution in [2.45, 2.75) is 87.4 Å². The smallest absolute Gasteiger partial charge is 0.328 e. The van der Waals surface area contributed by atoms with Crippen LogP contribution in [-0.2, 0) is 40.0 Å². The topological polar surface area (TPSA) is 321 Å². The molecule has 0 radical (unpaired) electrons. The average Bonchev–Trinajstić information content (AvgIpc) is 3.81. The van der Waals surface area contributed by atoms with Gasteiger partial charge in [-0.3, -0.25) is 28.8 Å². The molecule has 0 aromatic heterocycles. The first-order chi connectivity index (χ1) is 24.6. The summed E-state index contributed by atoms with van der Waals surface area (Å²) < 4.78 is 0. The molecule has 52 heavy (non-hydrogen) atoms. The zero-order chi connectivity index (χ0) is 38.7. The van der Waals surface area contributed by atoms with Crippen LogP contribution in [0, 0.1) is 0 Å². The highest BCUT2D eigenvalue weighted by Gasteiger charge is 2.42. The minimum absolute atomic E-state index is 0.0238. The highest BCUT2D eigenvalue weighted by atomic mass is 16.4. The van der Waals surface area contributed by atoms with Gasteiger partial charge in [-0.05, 0) is 56.7 Å². The minimum Gasteiger partial charge on any atom is -0.508 e. The van der Waals surface area contributed by atoms with Crippen LogP contribution in [0.25, 0.3) is 0 Å². The maximum absolute atomic E-state index is 13.4. The third-order valence-corrected chi connectivity index (χ3v) is 8.86. The number of carboxylic acid groups (broad SMARTS) is 1. The van der Waals surface area contributed by atoms with Crippen LogP contribution in [0.3, 0.4) is 0 Å². The van der Waals surface area contributed by atoms with Crippen LogP contribution >= 0.6 is 0 Å². The van der Waals surface area contributed by atoms with E-state index in [-0.39, 0.29) is 38.1 Å². The monoisotopic (exact) mass is 737 g/mol. The lowest BCUT2D eigenvalue weighted by atomic mass is 10.1. The number of carboxylic acids is 1. The zero-order valence-corrected chi connectivity index (χ0v) is 28.5. The predicted molar refractivity (Wildman–Crippen MR) is 178 cm³/mol. The SMILES string of the molecule is C[C@@H](O)[C@H](NC(=O)[C@@H]1CCCN1C(=O)[C@H](CO)NC(=O)[C@@H](N)Cc1ccc(O)cc1)C(=O)N[C@@H](CO)C(=O)N1CCC[C@H]1C(=O)N[C@@H](CO)C(=O)O. The van der Waals surface area contributed by atoms with Crippen molar-refractivity contribution in [1.29, 1.82) is 0 Å². The summed E-state index contributed by atoms with van der Waals surface area (Å²) in [6, 6.07) is -3.88. The van der Waals surface area contributed by atoms with Crippen LogP contribution in [0.2, 0.25) is 0 Å². The molecule has 20 heteroatoms. The van der Waals surface area contributed by atoms with E-state index in [1.54, 1.807) is 12.1 Å². The number of aliphatic hydroxyl groups excluding tert-OH is 4. The van der Waals surface area contributed by atoms with Gasteiger partial charge in [0, 0.05) is 13.1 Å². The van der Waals surface area contributed by atoms with Gasteiger partial charge in [0.25, 0.3) is 0 Å². The number of aliphatic hydroxyl groups is 4. The van der Waals surface area contributed by atoms with Crippen molar-refractivity contribution in [2.24, 2.45) is 5.73 Å². The molecule has 2 aliphatic rings. The molecular weight excluding hydrogens is 690 g/mol. The number of rotatable bonds is 17. The number of nitrogens with two attached hydrogens (primary N) is 1. The molecule has 1 aromatic rings. The van der Waals surface area contributed by atoms with E-state index >= 15 is 0 Å². The van der Waals surface area contributed by atoms with Crippen molar-refractivity contribution in [1.82, 2.24) is 31.1 Å². The summed E-state index contributed by atoms with van der Waals surface area (Å²) in [5, 5.41) is 67.3. The van der Waals surface area contributed by atoms with Crippen LogP contribution in [0.15, 0.2) is 24.3 Å². The first kappa shape index (κ1) is 41.5. The molecule has 2 heterocycles. The number of aromatic hydroxyl groups is 1. The standard InChI is InChI=1S/C32H47N7O13/c1-16(43)25(29(48)35-21(14-41)31(50)38-10-2-4-23(38)27(46)36-22(15-42)32(51)52)37-28(47)24-5-3-11-39(24)30(49)20(13-40)34-26(45)19(33)12-17-6-8-18(44)9-7-17/h6-9,16,19-25,40-44H,2-5,10-15,33H2,1H3,(H,34,45)(H,35,48)(H,36,46)(H,37,47)(H,51,52)/t16-,19+,20+,21+,22+,23+,24+,25+/m1/s1. The van der Waals surface area contributed by atoms with Crippen molar-refractivity contribution in [3.05, 3.63) is 29.8 Å². The molecule has 0 saturated carbocycles. The number of nitrogens with one attached hydrogen (secondary N) is 4. The zero-order valence-electron chi connectivity index (χ0n) is 28.5. The number of hydrogen-bond donors (Lipinski definition) is 11. The van der Waals surface area contributed by atoms with Gasteiger partial charge in [0.2, 0.25) is 35.4 Å². The third kappa shape index (κ3) is 10.6. The van der Waals surface area contributed by atoms with Gasteiger partial charge < -0.3 is 67.4 Å². The number of benzene rings is 1. The maximum Gasteiger partial charge on any atom is 0.328 e. The molecular formula is C32H47N7O13. The van der Waals surface area contributed by atoms with E-state index in [0.717, 1.165) is 9.80 Å². The predicted octanol–water partition coefficient (Wildman–Crippen LogP) is -5.37. The second kappa shape index (κ2) is 19.1. The van der Waals surface area contributed by atoms with Crippen molar-refractivity contribution >= 4 is 41.4 Å². The summed E-state index contributed by atoms with van der Waals surface area (Å²) in [4.78, 5) is 92.3. The highest BCUT2D eigenvalue weighted by Crippen LogP contribution is 2.21. The molecule has 3 rings (SSSR count). The normalized spacial score (nSPS) is 20.5. The summed E-state index contributed by atoms with van der Waals surface area (Å²) in [6.45, 7) is -1.39. The van der Waals surface area contributed by atoms with Crippen LogP contribution in [0.4, 0.5) is 0 Å². The van der Waals surface area contributed by atoms with Gasteiger partial charge in [-0.1, -0.05) is 12.1 Å². The van der Waals surface area contributed by atoms with E-state index in [1.807, 2.05) is 0 Å². The first-order valence-corrected chi connectivity index (χ1v) is 16.7. The Kier molecular flexibility index (Phi) is 15.2. The fourth-order valence-corrected chi connectivity index (χ4v) is 6.00. The first-order valence-electron chi connectivity index (χ1n) is 16.7. The number of hydrogen-bond acceptors (Lipinski definition) is 13. The van der Waals surface area contributed by atoms with Crippen molar-refractivity contribution in [2.75, 3.05) is 32.9 Å². The van der Waals surface area contributed by atoms with E-state index < -0.39 is 110 Å². The summed E-state index contributed by atoms with van der Waals surface area (Å²) >= 11 is 0. The Morgan fingerprint density at radius 3 is 1.65 bits per heavy atom. The number of phenols is 1. The molecule has 1 aromatic carbocycles. The summed E-state index contributed by atoms with van der Waals surface area (Å²) in [7, 11) is 0. The molecule has 6 amide bonds. The van der Waals surface area contributed by atoms with Gasteiger partial charge in [0.15, 0.2) is 0 Å². The molecule has 2 saturated heterocycles. The number of carbonyl (C=O) groups excluding carboxylic acids is 6. The lowest BCUT2D eigenvalue weighted by molar-refractivity contribution is -0.146. The van der Waals surface area contributed by atoms with E-state index in [4.69, 9.17) is 10.8 Å². The van der Waals surface area contributed by atoms with Crippen molar-refractivity contribution in [3.8, 4) is 5.75 Å². The molecule has 0 unspecified atom stereocenters. The molecule has 2 fully saturated rings. The fraction of sp³-hybridized carbons (Fsp3) is 0.594. The molecule has 12 N–H and O–H groups in total. The molecule has 8 atom stereocenters. The highest BCUT2D eigenvalue weighted by molar-refractivity contribution is 5.97. The molecule has 20 nitrogen and oxygen atoms in total. The molecule has 288 valence electrons. The maximum atomic E-state index is 13.4. The minimum atomic E-state index is -1.68. The number of carbonyl (C=O) groups is 7. The molecule has 0 bridgehead atoms. The number of aliphatic carboxylic acids is 1. The molecule has 0 aliphatic carbocycles. The van der Waals surface area contributed by atoms with Gasteiger partial charge >= 0.3 is 5.97 Å². The summed E-state index contributed by atoms with van der Waals surface area (Å²) in [6.07, 6.45) is -0.530. The Labute approximate surface area is 298 Å². The lowest BCUT2D eigenvalue weighted by Crippen LogP contribution is -2.62. The molecule has 2 aliphatic heterocycles. The van der Waals surface area contributed by atoms with E-state index in [2.05, 4.69) is 21.3 Å². The van der Waals surface area contributed by atoms with Gasteiger partial charge in [-0.2, -0.15) is 0 Å². The lowest BCUT2D eigenvalue weighted by Gasteiger charge is -2.31. The van der Waals surface area contributed by atoms with Crippen LogP contribution in [-0.4, -0.2) is 163 Å². The quantitative estimate of drug-likeness (QED) is 0.0712. The van der Waals surface area contributed by atoms with Gasteiger partial charge in [0.05, 0.1) is 32.0 Å². The Morgan fingerprint density at radius 2 is 1.21 bits per heavy atom. The Bertz CT molecular complexity index is 1460. The van der Waals surface area contributed by atoms with Crippen LogP contribution in [0.1, 0.15) is 38.2 Å². The largest absolute Gasteiger partial charge is 0.508 e. The van der Waals surface area contributed by atoms with Crippen molar-refractivity contribution < 1.29 is 64.2 Å². The Hall–Kier alpha value is -4.89. The van der Waals surface area contributed by atoms with Crippen molar-refractivity contribution in [3.63, 3.8) is 0 Å². The summed E-state index contributed by atoms with van der Waals surface area (Å²) in [5.41, 5.74) is 6.62. The average molecular weight is 738 g/mol. The number of amides is 6. The molecule has 0 spiro atoms. The van der Waals surface area contributed by atoms with Gasteiger partial charge in [-0.25, -0.2) is 4.79 Å². The Morgan fingerprint density at radius 1 is 0.750 bits per heavy atom. The fourth-order valence-electron chi connectivity index (χ4n) is 6.00. The summed E-state index contributed by atoms with van der Waals surface area (Å²) in [5.74, 6) is -6.73. The number of nitrogens with zero attached hydrogens (tertiary/aromatic N) is 2. The van der Waals surface area contributed by atoms with E-state index in [1.165, 1.54) is 19.1 Å².